The fourth-order valence-corrected chi connectivity index (χ4v) is 4.03. The fraction of sp³-hybridized carbons (Fsp3) is 0.273. The van der Waals surface area contributed by atoms with Crippen molar-refractivity contribution in [2.24, 2.45) is 5.92 Å². The van der Waals surface area contributed by atoms with Crippen LogP contribution in [0, 0.1) is 5.92 Å². The Labute approximate surface area is 186 Å². The van der Waals surface area contributed by atoms with Gasteiger partial charge in [0.2, 0.25) is 0 Å². The highest BCUT2D eigenvalue weighted by atomic mass is 32.2. The maximum atomic E-state index is 12.4. The zero-order chi connectivity index (χ0) is 23.3. The van der Waals surface area contributed by atoms with Crippen molar-refractivity contribution >= 4 is 37.8 Å². The minimum absolute atomic E-state index is 0.0876. The summed E-state index contributed by atoms with van der Waals surface area (Å²) >= 11 is 0. The largest absolute Gasteiger partial charge is 0.467 e. The molecule has 2 aromatic carbocycles. The first-order chi connectivity index (χ1) is 15.2. The quantitative estimate of drug-likeness (QED) is 0.520. The van der Waals surface area contributed by atoms with Gasteiger partial charge in [0.05, 0.1) is 24.1 Å². The predicted octanol–water partition coefficient (Wildman–Crippen LogP) is 2.92. The van der Waals surface area contributed by atoms with E-state index in [4.69, 9.17) is 4.74 Å². The molecule has 1 heterocycles. The molecule has 32 heavy (non-hydrogen) atoms. The number of benzene rings is 2. The maximum absolute atomic E-state index is 12.4. The fourth-order valence-electron chi connectivity index (χ4n) is 3.04. The van der Waals surface area contributed by atoms with Gasteiger partial charge >= 0.3 is 11.2 Å². The van der Waals surface area contributed by atoms with Crippen LogP contribution in [0.4, 0.5) is 10.6 Å². The molecule has 3 aromatic rings. The van der Waals surface area contributed by atoms with Gasteiger partial charge in [-0.2, -0.15) is 0 Å². The molecule has 3 rings (SSSR count). The number of anilines is 1. The van der Waals surface area contributed by atoms with E-state index in [1.54, 1.807) is 24.3 Å². The highest BCUT2D eigenvalue weighted by Crippen LogP contribution is 2.23. The molecule has 0 saturated heterocycles. The van der Waals surface area contributed by atoms with Gasteiger partial charge in [0.25, 0.3) is 9.84 Å². The number of fused-ring (bicyclic) bond motifs is 1. The van der Waals surface area contributed by atoms with Crippen molar-refractivity contribution in [3.05, 3.63) is 60.4 Å². The molecular formula is C22H24N4O5S. The lowest BCUT2D eigenvalue weighted by molar-refractivity contribution is -0.142. The SMILES string of the molecule is COC(=O)[C@@H](Nc1nc(CNC(=O)S(=O)(=O)c2ccccc2)nc2ccccc12)C(C)C. The number of para-hydroxylation sites is 1. The van der Waals surface area contributed by atoms with Crippen molar-refractivity contribution in [1.29, 1.82) is 0 Å². The molecule has 1 atom stereocenters. The zero-order valence-corrected chi connectivity index (χ0v) is 18.7. The number of hydrogen-bond acceptors (Lipinski definition) is 8. The normalized spacial score (nSPS) is 12.4. The highest BCUT2D eigenvalue weighted by molar-refractivity contribution is 8.06. The molecule has 0 aliphatic carbocycles. The molecule has 1 amide bonds. The van der Waals surface area contributed by atoms with E-state index >= 15 is 0 Å². The molecule has 0 radical (unpaired) electrons. The summed E-state index contributed by atoms with van der Waals surface area (Å²) in [6, 6.07) is 13.9. The highest BCUT2D eigenvalue weighted by Gasteiger charge is 2.26. The van der Waals surface area contributed by atoms with Crippen LogP contribution >= 0.6 is 0 Å². The van der Waals surface area contributed by atoms with Crippen molar-refractivity contribution in [2.45, 2.75) is 31.3 Å². The van der Waals surface area contributed by atoms with E-state index in [0.29, 0.717) is 16.7 Å². The third-order valence-corrected chi connectivity index (χ3v) is 6.28. The summed E-state index contributed by atoms with van der Waals surface area (Å²) in [6.45, 7) is 3.52. The number of aromatic nitrogens is 2. The van der Waals surface area contributed by atoms with Gasteiger partial charge < -0.3 is 15.4 Å². The molecule has 10 heteroatoms. The summed E-state index contributed by atoms with van der Waals surface area (Å²) in [7, 11) is -2.88. The smallest absolute Gasteiger partial charge is 0.341 e. The number of hydrogen-bond donors (Lipinski definition) is 2. The van der Waals surface area contributed by atoms with E-state index in [1.807, 2.05) is 19.9 Å². The second-order valence-electron chi connectivity index (χ2n) is 7.35. The van der Waals surface area contributed by atoms with Crippen LogP contribution in [0.25, 0.3) is 10.9 Å². The lowest BCUT2D eigenvalue weighted by Gasteiger charge is -2.21. The summed E-state index contributed by atoms with van der Waals surface area (Å²) in [5, 5.41) is 4.99. The third-order valence-electron chi connectivity index (χ3n) is 4.75. The number of esters is 1. The van der Waals surface area contributed by atoms with Gasteiger partial charge in [-0.3, -0.25) is 4.79 Å². The first-order valence-electron chi connectivity index (χ1n) is 9.92. The number of rotatable bonds is 7. The molecule has 0 bridgehead atoms. The second kappa shape index (κ2) is 9.73. The third kappa shape index (κ3) is 5.02. The van der Waals surface area contributed by atoms with Crippen LogP contribution < -0.4 is 10.6 Å². The maximum Gasteiger partial charge on any atom is 0.341 e. The molecule has 2 N–H and O–H groups in total. The molecule has 0 saturated carbocycles. The topological polar surface area (TPSA) is 127 Å². The number of methoxy groups -OCH3 is 1. The van der Waals surface area contributed by atoms with Crippen LogP contribution in [0.1, 0.15) is 19.7 Å². The van der Waals surface area contributed by atoms with E-state index in [0.717, 1.165) is 0 Å². The van der Waals surface area contributed by atoms with Crippen LogP contribution in [-0.2, 0) is 25.9 Å². The summed E-state index contributed by atoms with van der Waals surface area (Å²) < 4.78 is 29.8. The number of amides is 1. The van der Waals surface area contributed by atoms with Crippen LogP contribution in [0.3, 0.4) is 0 Å². The Morgan fingerprint density at radius 1 is 1.00 bits per heavy atom. The average Bonchev–Trinajstić information content (AvgIpc) is 2.80. The molecule has 0 aliphatic heterocycles. The molecule has 1 aromatic heterocycles. The Bertz CT molecular complexity index is 1230. The second-order valence-corrected chi connectivity index (χ2v) is 9.20. The van der Waals surface area contributed by atoms with Crippen molar-refractivity contribution in [3.63, 3.8) is 0 Å². The molecule has 0 aliphatic rings. The monoisotopic (exact) mass is 456 g/mol. The number of carbonyl (C=O) groups excluding carboxylic acids is 2. The van der Waals surface area contributed by atoms with E-state index in [9.17, 15) is 18.0 Å². The molecule has 0 fully saturated rings. The van der Waals surface area contributed by atoms with Crippen molar-refractivity contribution in [2.75, 3.05) is 12.4 Å². The molecule has 168 valence electrons. The Kier molecular flexibility index (Phi) is 7.04. The van der Waals surface area contributed by atoms with Gasteiger partial charge in [-0.05, 0) is 30.2 Å². The van der Waals surface area contributed by atoms with Crippen molar-refractivity contribution in [3.8, 4) is 0 Å². The van der Waals surface area contributed by atoms with Gasteiger partial charge in [-0.25, -0.2) is 23.2 Å². The van der Waals surface area contributed by atoms with Gasteiger partial charge in [0, 0.05) is 5.39 Å². The van der Waals surface area contributed by atoms with E-state index in [-0.39, 0.29) is 23.2 Å². The Morgan fingerprint density at radius 3 is 2.31 bits per heavy atom. The van der Waals surface area contributed by atoms with Gasteiger partial charge in [-0.1, -0.05) is 44.2 Å². The van der Waals surface area contributed by atoms with Crippen molar-refractivity contribution < 1.29 is 22.7 Å². The summed E-state index contributed by atoms with van der Waals surface area (Å²) in [6.07, 6.45) is 0. The van der Waals surface area contributed by atoms with E-state index < -0.39 is 27.1 Å². The zero-order valence-electron chi connectivity index (χ0n) is 17.9. The minimum Gasteiger partial charge on any atom is -0.467 e. The Balaban J connectivity index is 1.88. The number of ether oxygens (including phenoxy) is 1. The molecular weight excluding hydrogens is 432 g/mol. The van der Waals surface area contributed by atoms with Crippen LogP contribution in [0.15, 0.2) is 59.5 Å². The number of carbonyl (C=O) groups is 2. The lowest BCUT2D eigenvalue weighted by atomic mass is 10.0. The summed E-state index contributed by atoms with van der Waals surface area (Å²) in [5.74, 6) is 0.0481. The Hall–Kier alpha value is -3.53. The molecule has 9 nitrogen and oxygen atoms in total. The molecule has 0 spiro atoms. The first-order valence-corrected chi connectivity index (χ1v) is 11.4. The van der Waals surface area contributed by atoms with E-state index in [1.165, 1.54) is 31.4 Å². The predicted molar refractivity (Wildman–Crippen MR) is 120 cm³/mol. The van der Waals surface area contributed by atoms with Gasteiger partial charge in [0.15, 0.2) is 5.82 Å². The minimum atomic E-state index is -4.19. The Morgan fingerprint density at radius 2 is 1.66 bits per heavy atom. The first kappa shape index (κ1) is 23.1. The number of nitrogens with one attached hydrogen (secondary N) is 2. The van der Waals surface area contributed by atoms with Crippen LogP contribution in [-0.4, -0.2) is 42.7 Å². The van der Waals surface area contributed by atoms with Gasteiger partial charge in [-0.15, -0.1) is 0 Å². The van der Waals surface area contributed by atoms with E-state index in [2.05, 4.69) is 20.6 Å². The lowest BCUT2D eigenvalue weighted by Crippen LogP contribution is -2.36. The number of nitrogens with zero attached hydrogens (tertiary/aromatic N) is 2. The average molecular weight is 457 g/mol. The van der Waals surface area contributed by atoms with Crippen molar-refractivity contribution in [1.82, 2.24) is 15.3 Å². The number of sulfone groups is 1. The standard InChI is InChI=1S/C22H24N4O5S/c1-14(2)19(21(27)31-3)26-20-16-11-7-8-12-17(16)24-18(25-20)13-23-22(28)32(29,30)15-9-5-4-6-10-15/h4-12,14,19H,13H2,1-3H3,(H,23,28)(H,24,25,26)/t19-/m0/s1. The summed E-state index contributed by atoms with van der Waals surface area (Å²) in [5.41, 5.74) is 0.576. The van der Waals surface area contributed by atoms with Gasteiger partial charge in [0.1, 0.15) is 11.9 Å². The van der Waals surface area contributed by atoms with Crippen LogP contribution in [0.5, 0.6) is 0 Å². The van der Waals surface area contributed by atoms with Crippen LogP contribution in [0.2, 0.25) is 0 Å². The summed E-state index contributed by atoms with van der Waals surface area (Å²) in [4.78, 5) is 33.3. The molecule has 0 unspecified atom stereocenters.